The zero-order valence-electron chi connectivity index (χ0n) is 12.7. The molecule has 1 saturated heterocycles. The van der Waals surface area contributed by atoms with Crippen LogP contribution in [-0.4, -0.2) is 42.4 Å². The van der Waals surface area contributed by atoms with Gasteiger partial charge in [-0.25, -0.2) is 0 Å². The molecule has 1 atom stereocenters. The Bertz CT molecular complexity index is 476. The van der Waals surface area contributed by atoms with E-state index in [9.17, 15) is 9.59 Å². The molecular formula is C16H24ClN3O2. The topological polar surface area (TPSA) is 75.4 Å². The van der Waals surface area contributed by atoms with E-state index in [4.69, 9.17) is 5.73 Å². The summed E-state index contributed by atoms with van der Waals surface area (Å²) in [4.78, 5) is 26.2. The highest BCUT2D eigenvalue weighted by Gasteiger charge is 2.27. The van der Waals surface area contributed by atoms with Crippen molar-refractivity contribution in [2.45, 2.75) is 31.7 Å². The molecule has 2 amide bonds. The van der Waals surface area contributed by atoms with E-state index in [-0.39, 0.29) is 30.6 Å². The summed E-state index contributed by atoms with van der Waals surface area (Å²) in [5.41, 5.74) is 6.44. The van der Waals surface area contributed by atoms with Crippen LogP contribution in [0.4, 0.5) is 0 Å². The second-order valence-corrected chi connectivity index (χ2v) is 5.38. The molecule has 1 fully saturated rings. The van der Waals surface area contributed by atoms with Crippen LogP contribution in [0.1, 0.15) is 24.8 Å². The van der Waals surface area contributed by atoms with Crippen molar-refractivity contribution >= 4 is 24.2 Å². The summed E-state index contributed by atoms with van der Waals surface area (Å²) in [7, 11) is 0. The van der Waals surface area contributed by atoms with Crippen LogP contribution in [0.5, 0.6) is 0 Å². The fourth-order valence-corrected chi connectivity index (χ4v) is 2.61. The smallest absolute Gasteiger partial charge is 0.245 e. The summed E-state index contributed by atoms with van der Waals surface area (Å²) in [6, 6.07) is 9.26. The summed E-state index contributed by atoms with van der Waals surface area (Å²) in [6.45, 7) is 1.87. The van der Waals surface area contributed by atoms with Crippen molar-refractivity contribution in [2.75, 3.05) is 19.6 Å². The lowest BCUT2D eigenvalue weighted by atomic mass is 10.0. The molecule has 1 aromatic rings. The van der Waals surface area contributed by atoms with Crippen molar-refractivity contribution in [3.05, 3.63) is 35.9 Å². The van der Waals surface area contributed by atoms with Gasteiger partial charge in [0.25, 0.3) is 0 Å². The van der Waals surface area contributed by atoms with E-state index in [1.807, 2.05) is 35.2 Å². The van der Waals surface area contributed by atoms with E-state index in [2.05, 4.69) is 5.32 Å². The highest BCUT2D eigenvalue weighted by atomic mass is 35.5. The molecule has 5 nitrogen and oxygen atoms in total. The zero-order chi connectivity index (χ0) is 15.1. The fourth-order valence-electron chi connectivity index (χ4n) is 2.61. The number of likely N-dealkylation sites (tertiary alicyclic amines) is 1. The SMILES string of the molecule is Cl.NCCC(=O)NC(Cc1ccccc1)C(=O)N1CCCC1. The number of nitrogens with zero attached hydrogens (tertiary/aromatic N) is 1. The summed E-state index contributed by atoms with van der Waals surface area (Å²) < 4.78 is 0. The van der Waals surface area contributed by atoms with Crippen molar-refractivity contribution in [3.63, 3.8) is 0 Å². The van der Waals surface area contributed by atoms with Gasteiger partial charge in [-0.1, -0.05) is 30.3 Å². The van der Waals surface area contributed by atoms with Gasteiger partial charge in [-0.3, -0.25) is 9.59 Å². The largest absolute Gasteiger partial charge is 0.344 e. The third-order valence-electron chi connectivity index (χ3n) is 3.71. The zero-order valence-corrected chi connectivity index (χ0v) is 13.5. The molecule has 3 N–H and O–H groups in total. The fraction of sp³-hybridized carbons (Fsp3) is 0.500. The van der Waals surface area contributed by atoms with Gasteiger partial charge in [0.1, 0.15) is 6.04 Å². The Balaban J connectivity index is 0.00000242. The number of hydrogen-bond acceptors (Lipinski definition) is 3. The Hall–Kier alpha value is -1.59. The Morgan fingerprint density at radius 3 is 2.41 bits per heavy atom. The number of carbonyl (C=O) groups is 2. The molecule has 1 unspecified atom stereocenters. The number of hydrogen-bond donors (Lipinski definition) is 2. The van der Waals surface area contributed by atoms with Crippen LogP contribution in [0, 0.1) is 0 Å². The molecule has 6 heteroatoms. The maximum absolute atomic E-state index is 12.6. The first kappa shape index (κ1) is 18.5. The molecule has 1 aliphatic heterocycles. The van der Waals surface area contributed by atoms with Crippen molar-refractivity contribution in [1.82, 2.24) is 10.2 Å². The Morgan fingerprint density at radius 1 is 1.18 bits per heavy atom. The number of carbonyl (C=O) groups excluding carboxylic acids is 2. The van der Waals surface area contributed by atoms with Crippen molar-refractivity contribution in [2.24, 2.45) is 5.73 Å². The van der Waals surface area contributed by atoms with Gasteiger partial charge in [0, 0.05) is 32.5 Å². The van der Waals surface area contributed by atoms with Gasteiger partial charge in [-0.05, 0) is 18.4 Å². The first-order valence-electron chi connectivity index (χ1n) is 7.53. The molecule has 1 aromatic carbocycles. The maximum Gasteiger partial charge on any atom is 0.245 e. The minimum Gasteiger partial charge on any atom is -0.344 e. The number of benzene rings is 1. The van der Waals surface area contributed by atoms with Gasteiger partial charge in [0.2, 0.25) is 11.8 Å². The Labute approximate surface area is 137 Å². The van der Waals surface area contributed by atoms with Crippen LogP contribution in [-0.2, 0) is 16.0 Å². The highest BCUT2D eigenvalue weighted by molar-refractivity contribution is 5.88. The third kappa shape index (κ3) is 5.31. The van der Waals surface area contributed by atoms with E-state index in [1.54, 1.807) is 0 Å². The molecule has 1 heterocycles. The average molecular weight is 326 g/mol. The first-order chi connectivity index (χ1) is 10.2. The molecule has 2 rings (SSSR count). The van der Waals surface area contributed by atoms with Gasteiger partial charge in [-0.2, -0.15) is 0 Å². The molecule has 22 heavy (non-hydrogen) atoms. The van der Waals surface area contributed by atoms with E-state index in [0.717, 1.165) is 31.5 Å². The molecule has 0 saturated carbocycles. The molecule has 122 valence electrons. The third-order valence-corrected chi connectivity index (χ3v) is 3.71. The Morgan fingerprint density at radius 2 is 1.82 bits per heavy atom. The number of rotatable bonds is 6. The van der Waals surface area contributed by atoms with Crippen LogP contribution >= 0.6 is 12.4 Å². The molecule has 0 radical (unpaired) electrons. The van der Waals surface area contributed by atoms with Gasteiger partial charge >= 0.3 is 0 Å². The van der Waals surface area contributed by atoms with Gasteiger partial charge < -0.3 is 16.0 Å². The molecule has 1 aliphatic rings. The average Bonchev–Trinajstić information content (AvgIpc) is 3.01. The molecule has 0 aliphatic carbocycles. The quantitative estimate of drug-likeness (QED) is 0.822. The molecule has 0 spiro atoms. The number of nitrogens with two attached hydrogens (primary N) is 1. The first-order valence-corrected chi connectivity index (χ1v) is 7.53. The lowest BCUT2D eigenvalue weighted by Gasteiger charge is -2.24. The van der Waals surface area contributed by atoms with Crippen molar-refractivity contribution in [3.8, 4) is 0 Å². The van der Waals surface area contributed by atoms with Crippen LogP contribution in [0.25, 0.3) is 0 Å². The van der Waals surface area contributed by atoms with E-state index in [0.29, 0.717) is 13.0 Å². The summed E-state index contributed by atoms with van der Waals surface area (Å²) in [6.07, 6.45) is 2.85. The Kier molecular flexibility index (Phi) is 7.91. The normalized spacial score (nSPS) is 15.0. The summed E-state index contributed by atoms with van der Waals surface area (Å²) in [5.74, 6) is -0.146. The van der Waals surface area contributed by atoms with Gasteiger partial charge in [-0.15, -0.1) is 12.4 Å². The molecule has 0 aromatic heterocycles. The van der Waals surface area contributed by atoms with Crippen molar-refractivity contribution in [1.29, 1.82) is 0 Å². The minimum absolute atomic E-state index is 0. The standard InChI is InChI=1S/C16H23N3O2.ClH/c17-9-8-15(20)18-14(12-13-6-2-1-3-7-13)16(21)19-10-4-5-11-19;/h1-3,6-7,14H,4-5,8-12,17H2,(H,18,20);1H. The van der Waals surface area contributed by atoms with Gasteiger partial charge in [0.05, 0.1) is 0 Å². The van der Waals surface area contributed by atoms with Crippen LogP contribution in [0.15, 0.2) is 30.3 Å². The summed E-state index contributed by atoms with van der Waals surface area (Å²) in [5, 5.41) is 2.83. The summed E-state index contributed by atoms with van der Waals surface area (Å²) >= 11 is 0. The molecular weight excluding hydrogens is 302 g/mol. The molecule has 0 bridgehead atoms. The van der Waals surface area contributed by atoms with Crippen LogP contribution in [0.2, 0.25) is 0 Å². The van der Waals surface area contributed by atoms with Gasteiger partial charge in [0.15, 0.2) is 0 Å². The lowest BCUT2D eigenvalue weighted by Crippen LogP contribution is -2.49. The lowest BCUT2D eigenvalue weighted by molar-refractivity contribution is -0.135. The predicted octanol–water partition coefficient (Wildman–Crippen LogP) is 1.11. The monoisotopic (exact) mass is 325 g/mol. The number of amides is 2. The second kappa shape index (κ2) is 9.43. The van der Waals surface area contributed by atoms with E-state index in [1.165, 1.54) is 0 Å². The predicted molar refractivity (Wildman–Crippen MR) is 88.8 cm³/mol. The van der Waals surface area contributed by atoms with E-state index >= 15 is 0 Å². The van der Waals surface area contributed by atoms with E-state index < -0.39 is 6.04 Å². The minimum atomic E-state index is -0.496. The van der Waals surface area contributed by atoms with Crippen LogP contribution in [0.3, 0.4) is 0 Å². The maximum atomic E-state index is 12.6. The second-order valence-electron chi connectivity index (χ2n) is 5.38. The number of halogens is 1. The van der Waals surface area contributed by atoms with Crippen LogP contribution < -0.4 is 11.1 Å². The number of nitrogens with one attached hydrogen (secondary N) is 1. The highest BCUT2D eigenvalue weighted by Crippen LogP contribution is 2.12. The van der Waals surface area contributed by atoms with Crippen molar-refractivity contribution < 1.29 is 9.59 Å².